The zero-order chi connectivity index (χ0) is 34.3. The van der Waals surface area contributed by atoms with Crippen molar-refractivity contribution in [3.63, 3.8) is 0 Å². The summed E-state index contributed by atoms with van der Waals surface area (Å²) in [5.41, 5.74) is -0.548. The molecule has 0 aliphatic heterocycles. The summed E-state index contributed by atoms with van der Waals surface area (Å²) in [4.78, 5) is 11.8. The zero-order valence-corrected chi connectivity index (χ0v) is 35.7. The van der Waals surface area contributed by atoms with Gasteiger partial charge in [0.1, 0.15) is 21.2 Å². The second-order valence-corrected chi connectivity index (χ2v) is 14.0. The number of aromatic nitrogens is 3. The van der Waals surface area contributed by atoms with Gasteiger partial charge in [-0.25, -0.2) is 0 Å². The first-order valence-electron chi connectivity index (χ1n) is 12.7. The number of halogens is 1. The summed E-state index contributed by atoms with van der Waals surface area (Å²) in [6, 6.07) is 15.4. The summed E-state index contributed by atoms with van der Waals surface area (Å²) in [5, 5.41) is 21.1. The van der Waals surface area contributed by atoms with Crippen molar-refractivity contribution in [3.05, 3.63) is 78.1 Å². The number of phenolic OH excluding ortho intramolecular Hbond substituents is 1. The second kappa shape index (κ2) is 17.3. The molecule has 0 bridgehead atoms. The number of fused-ring (bicyclic) bond motifs is 1. The Morgan fingerprint density at radius 2 is 1.40 bits per heavy atom. The SMILES string of the molecule is CN(c1ccc2c(O)c(N=Nc3ccccc3S(=O)(=O)O)c(S(=O)(=O)O)cc2c1)c1nc(Cl)nc(Nc2cccc(S(=O)(=O)O)c2)n1.[Na].[Na].[Na]. The number of phenols is 1. The van der Waals surface area contributed by atoms with Gasteiger partial charge in [0.15, 0.2) is 5.75 Å². The Balaban J connectivity index is 0.00000289. The maximum absolute atomic E-state index is 12.3. The molecule has 0 saturated carbocycles. The van der Waals surface area contributed by atoms with Gasteiger partial charge in [-0.2, -0.15) is 40.2 Å². The van der Waals surface area contributed by atoms with Gasteiger partial charge in [0.25, 0.3) is 30.4 Å². The van der Waals surface area contributed by atoms with Crippen LogP contribution in [0, 0.1) is 0 Å². The van der Waals surface area contributed by atoms with E-state index in [0.717, 1.165) is 18.2 Å². The number of aromatic hydroxyl groups is 1. The Hall–Kier alpha value is -1.83. The Morgan fingerprint density at radius 1 is 0.740 bits per heavy atom. The number of hydrogen-bond donors (Lipinski definition) is 5. The minimum Gasteiger partial charge on any atom is -0.505 e. The van der Waals surface area contributed by atoms with Crippen molar-refractivity contribution in [1.82, 2.24) is 15.0 Å². The molecule has 5 N–H and O–H groups in total. The van der Waals surface area contributed by atoms with Gasteiger partial charge in [0.2, 0.25) is 17.2 Å². The van der Waals surface area contributed by atoms with E-state index in [1.165, 1.54) is 66.5 Å². The average Bonchev–Trinajstić information content (AvgIpc) is 2.98. The first-order valence-corrected chi connectivity index (χ1v) is 17.4. The normalized spacial score (nSPS) is 11.7. The van der Waals surface area contributed by atoms with E-state index in [4.69, 9.17) is 11.6 Å². The number of nitrogens with zero attached hydrogens (tertiary/aromatic N) is 6. The van der Waals surface area contributed by atoms with Gasteiger partial charge in [-0.3, -0.25) is 13.7 Å². The molecule has 5 rings (SSSR count). The third kappa shape index (κ3) is 10.4. The Labute approximate surface area is 356 Å². The standard InChI is InChI=1S/C26H20ClN7O10S3.3Na/c1-34(26-30-24(27)29-25(31-26)28-15-5-4-6-17(13-15)45(36,37)38)16-9-10-18-14(11-16)12-21(47(42,43)44)22(23(18)35)33-32-19-7-2-3-8-20(19)46(39,40)41;;;/h2-13,35H,1H3,(H,36,37,38)(H,39,40,41)(H,42,43,44)(H,28,29,30,31);;;. The summed E-state index contributed by atoms with van der Waals surface area (Å²) in [6.45, 7) is 0. The van der Waals surface area contributed by atoms with E-state index in [0.29, 0.717) is 5.69 Å². The predicted molar refractivity (Wildman–Crippen MR) is 186 cm³/mol. The van der Waals surface area contributed by atoms with E-state index in [-0.39, 0.29) is 133 Å². The van der Waals surface area contributed by atoms with Crippen LogP contribution in [0.5, 0.6) is 5.75 Å². The van der Waals surface area contributed by atoms with E-state index < -0.39 is 51.6 Å². The van der Waals surface area contributed by atoms with Crippen molar-refractivity contribution < 1.29 is 44.0 Å². The molecule has 0 unspecified atom stereocenters. The topological polar surface area (TPSA) is 262 Å². The Kier molecular flexibility index (Phi) is 15.4. The van der Waals surface area contributed by atoms with Crippen LogP contribution in [0.2, 0.25) is 5.28 Å². The average molecular weight is 791 g/mol. The molecule has 0 aliphatic carbocycles. The summed E-state index contributed by atoms with van der Waals surface area (Å²) >= 11 is 6.11. The van der Waals surface area contributed by atoms with Crippen LogP contribution in [0.1, 0.15) is 0 Å². The zero-order valence-electron chi connectivity index (χ0n) is 26.5. The molecule has 24 heteroatoms. The van der Waals surface area contributed by atoms with Crippen molar-refractivity contribution in [2.75, 3.05) is 17.3 Å². The van der Waals surface area contributed by atoms with E-state index in [1.807, 2.05) is 0 Å². The van der Waals surface area contributed by atoms with E-state index >= 15 is 0 Å². The summed E-state index contributed by atoms with van der Waals surface area (Å²) in [6.07, 6.45) is 0. The fourth-order valence-corrected chi connectivity index (χ4v) is 6.19. The molecule has 0 aliphatic rings. The number of nitrogens with one attached hydrogen (secondary N) is 1. The molecule has 0 spiro atoms. The van der Waals surface area contributed by atoms with Gasteiger partial charge in [-0.1, -0.05) is 18.2 Å². The molecule has 0 atom stereocenters. The molecule has 247 valence electrons. The van der Waals surface area contributed by atoms with Gasteiger partial charge in [-0.05, 0) is 71.6 Å². The monoisotopic (exact) mass is 790 g/mol. The maximum Gasteiger partial charge on any atom is 0.296 e. The smallest absolute Gasteiger partial charge is 0.296 e. The third-order valence-electron chi connectivity index (χ3n) is 6.39. The molecule has 17 nitrogen and oxygen atoms in total. The second-order valence-electron chi connectivity index (χ2n) is 9.51. The molecule has 1 aromatic heterocycles. The molecule has 0 amide bonds. The molecule has 3 radical (unpaired) electrons. The van der Waals surface area contributed by atoms with Crippen molar-refractivity contribution in [1.29, 1.82) is 0 Å². The van der Waals surface area contributed by atoms with Crippen LogP contribution in [0.4, 0.5) is 34.6 Å². The van der Waals surface area contributed by atoms with Crippen LogP contribution in [-0.2, 0) is 30.4 Å². The first kappa shape index (κ1) is 44.3. The van der Waals surface area contributed by atoms with Crippen molar-refractivity contribution in [2.45, 2.75) is 14.7 Å². The maximum atomic E-state index is 12.3. The van der Waals surface area contributed by atoms with Crippen LogP contribution >= 0.6 is 11.6 Å². The molecular weight excluding hydrogens is 771 g/mol. The largest absolute Gasteiger partial charge is 0.505 e. The first-order chi connectivity index (χ1) is 21.9. The molecule has 5 aromatic rings. The van der Waals surface area contributed by atoms with Crippen molar-refractivity contribution >= 4 is 176 Å². The number of hydrogen-bond acceptors (Lipinski definition) is 14. The van der Waals surface area contributed by atoms with Gasteiger partial charge in [-0.15, -0.1) is 10.2 Å². The summed E-state index contributed by atoms with van der Waals surface area (Å²) in [5.74, 6) is -0.851. The minimum atomic E-state index is -5.04. The minimum absolute atomic E-state index is 0. The van der Waals surface area contributed by atoms with Gasteiger partial charge in [0, 0.05) is 112 Å². The Morgan fingerprint density at radius 3 is 2.04 bits per heavy atom. The molecule has 1 heterocycles. The van der Waals surface area contributed by atoms with Crippen LogP contribution in [0.3, 0.4) is 0 Å². The molecule has 0 saturated heterocycles. The fraction of sp³-hybridized carbons (Fsp3) is 0.0385. The predicted octanol–water partition coefficient (Wildman–Crippen LogP) is 3.91. The van der Waals surface area contributed by atoms with Crippen molar-refractivity contribution in [2.24, 2.45) is 10.2 Å². The third-order valence-corrected chi connectivity index (χ3v) is 9.17. The number of rotatable bonds is 9. The van der Waals surface area contributed by atoms with Crippen LogP contribution in [0.15, 0.2) is 97.7 Å². The van der Waals surface area contributed by atoms with Crippen LogP contribution in [-0.4, -0.2) is 155 Å². The molecule has 0 fully saturated rings. The molecule has 4 aromatic carbocycles. The number of azo groups is 1. The van der Waals surface area contributed by atoms with Gasteiger partial charge >= 0.3 is 0 Å². The summed E-state index contributed by atoms with van der Waals surface area (Å²) < 4.78 is 99.8. The molecule has 50 heavy (non-hydrogen) atoms. The van der Waals surface area contributed by atoms with E-state index in [2.05, 4.69) is 30.5 Å². The van der Waals surface area contributed by atoms with E-state index in [9.17, 15) is 44.0 Å². The quantitative estimate of drug-likeness (QED) is 0.0805. The van der Waals surface area contributed by atoms with Gasteiger partial charge < -0.3 is 15.3 Å². The fourth-order valence-electron chi connectivity index (χ4n) is 4.23. The number of anilines is 4. The Bertz CT molecular complexity index is 2440. The van der Waals surface area contributed by atoms with Crippen LogP contribution < -0.4 is 10.2 Å². The molecular formula is C26H20ClN7Na3O10S3. The van der Waals surface area contributed by atoms with E-state index in [1.54, 1.807) is 0 Å². The van der Waals surface area contributed by atoms with Gasteiger partial charge in [0.05, 0.1) is 4.90 Å². The van der Waals surface area contributed by atoms with Crippen LogP contribution in [0.25, 0.3) is 10.8 Å². The summed E-state index contributed by atoms with van der Waals surface area (Å²) in [7, 11) is -12.7. The van der Waals surface area contributed by atoms with Crippen molar-refractivity contribution in [3.8, 4) is 5.75 Å². The number of benzene rings is 4.